The Morgan fingerprint density at radius 1 is 1.24 bits per heavy atom. The smallest absolute Gasteiger partial charge is 0.249 e. The van der Waals surface area contributed by atoms with E-state index in [-0.39, 0.29) is 12.0 Å². The molecule has 1 N–H and O–H groups in total. The van der Waals surface area contributed by atoms with Gasteiger partial charge in [-0.1, -0.05) is 44.2 Å². The minimum Gasteiger partial charge on any atom is -0.368 e. The van der Waals surface area contributed by atoms with Gasteiger partial charge in [0.05, 0.1) is 0 Å². The molecule has 0 bridgehead atoms. The second-order valence-corrected chi connectivity index (χ2v) is 4.57. The van der Waals surface area contributed by atoms with E-state index in [2.05, 4.69) is 19.2 Å². The van der Waals surface area contributed by atoms with Gasteiger partial charge in [0, 0.05) is 13.2 Å². The number of rotatable bonds is 6. The van der Waals surface area contributed by atoms with Gasteiger partial charge < -0.3 is 10.1 Å². The molecule has 0 saturated heterocycles. The van der Waals surface area contributed by atoms with Gasteiger partial charge in [0.15, 0.2) is 0 Å². The summed E-state index contributed by atoms with van der Waals surface area (Å²) in [5.41, 5.74) is 1.09. The van der Waals surface area contributed by atoms with E-state index in [0.717, 1.165) is 5.56 Å². The Labute approximate surface area is 103 Å². The van der Waals surface area contributed by atoms with E-state index in [4.69, 9.17) is 4.74 Å². The monoisotopic (exact) mass is 235 g/mol. The van der Waals surface area contributed by atoms with Crippen molar-refractivity contribution in [3.05, 3.63) is 35.9 Å². The topological polar surface area (TPSA) is 38.3 Å². The standard InChI is InChI=1S/C14H21NO2/c1-11(2)10-17-12(3)14(16)15-9-13-7-5-4-6-8-13/h4-8,11-12H,9-10H2,1-3H3,(H,15,16)/t12-/m1/s1. The van der Waals surface area contributed by atoms with E-state index < -0.39 is 0 Å². The van der Waals surface area contributed by atoms with Crippen LogP contribution in [0.25, 0.3) is 0 Å². The van der Waals surface area contributed by atoms with Crippen LogP contribution in [0.15, 0.2) is 30.3 Å². The zero-order valence-electron chi connectivity index (χ0n) is 10.8. The number of hydrogen-bond acceptors (Lipinski definition) is 2. The fourth-order valence-electron chi connectivity index (χ4n) is 1.34. The summed E-state index contributed by atoms with van der Waals surface area (Å²) in [7, 11) is 0. The van der Waals surface area contributed by atoms with Crippen molar-refractivity contribution in [3.8, 4) is 0 Å². The zero-order chi connectivity index (χ0) is 12.7. The molecule has 94 valence electrons. The molecule has 0 fully saturated rings. The van der Waals surface area contributed by atoms with Gasteiger partial charge in [-0.05, 0) is 18.4 Å². The van der Waals surface area contributed by atoms with Crippen molar-refractivity contribution in [1.29, 1.82) is 0 Å². The molecule has 0 unspecified atom stereocenters. The lowest BCUT2D eigenvalue weighted by Crippen LogP contribution is -2.34. The van der Waals surface area contributed by atoms with Crippen LogP contribution < -0.4 is 5.32 Å². The molecule has 0 radical (unpaired) electrons. The van der Waals surface area contributed by atoms with Crippen LogP contribution in [0.3, 0.4) is 0 Å². The maximum atomic E-state index is 11.7. The average Bonchev–Trinajstić information content (AvgIpc) is 2.34. The first-order valence-corrected chi connectivity index (χ1v) is 6.03. The Hall–Kier alpha value is -1.35. The van der Waals surface area contributed by atoms with Crippen LogP contribution in [0.2, 0.25) is 0 Å². The molecule has 0 aliphatic carbocycles. The van der Waals surface area contributed by atoms with Crippen LogP contribution in [0.5, 0.6) is 0 Å². The first-order chi connectivity index (χ1) is 8.09. The number of benzene rings is 1. The van der Waals surface area contributed by atoms with E-state index in [9.17, 15) is 4.79 Å². The van der Waals surface area contributed by atoms with Gasteiger partial charge in [0.2, 0.25) is 5.91 Å². The van der Waals surface area contributed by atoms with E-state index in [1.807, 2.05) is 30.3 Å². The van der Waals surface area contributed by atoms with Crippen LogP contribution in [-0.4, -0.2) is 18.6 Å². The number of ether oxygens (including phenoxy) is 1. The molecular formula is C14H21NO2. The molecule has 0 heterocycles. The summed E-state index contributed by atoms with van der Waals surface area (Å²) in [6.45, 7) is 7.07. The van der Waals surface area contributed by atoms with E-state index in [0.29, 0.717) is 19.1 Å². The maximum Gasteiger partial charge on any atom is 0.249 e. The van der Waals surface area contributed by atoms with Gasteiger partial charge in [-0.2, -0.15) is 0 Å². The number of hydrogen-bond donors (Lipinski definition) is 1. The van der Waals surface area contributed by atoms with Gasteiger partial charge in [-0.15, -0.1) is 0 Å². The lowest BCUT2D eigenvalue weighted by molar-refractivity contribution is -0.132. The predicted molar refractivity (Wildman–Crippen MR) is 68.5 cm³/mol. The highest BCUT2D eigenvalue weighted by molar-refractivity contribution is 5.80. The summed E-state index contributed by atoms with van der Waals surface area (Å²) in [5.74, 6) is 0.383. The lowest BCUT2D eigenvalue weighted by atomic mass is 10.2. The quantitative estimate of drug-likeness (QED) is 0.822. The first kappa shape index (κ1) is 13.7. The second kappa shape index (κ2) is 7.07. The SMILES string of the molecule is CC(C)CO[C@H](C)C(=O)NCc1ccccc1. The van der Waals surface area contributed by atoms with E-state index in [1.54, 1.807) is 6.92 Å². The van der Waals surface area contributed by atoms with Gasteiger partial charge >= 0.3 is 0 Å². The van der Waals surface area contributed by atoms with Crippen molar-refractivity contribution in [2.75, 3.05) is 6.61 Å². The number of nitrogens with one attached hydrogen (secondary N) is 1. The molecule has 17 heavy (non-hydrogen) atoms. The molecule has 1 aromatic rings. The molecule has 0 aliphatic rings. The first-order valence-electron chi connectivity index (χ1n) is 6.03. The van der Waals surface area contributed by atoms with Crippen molar-refractivity contribution < 1.29 is 9.53 Å². The molecular weight excluding hydrogens is 214 g/mol. The van der Waals surface area contributed by atoms with Crippen LogP contribution in [-0.2, 0) is 16.1 Å². The van der Waals surface area contributed by atoms with Crippen molar-refractivity contribution >= 4 is 5.91 Å². The normalized spacial score (nSPS) is 12.5. The second-order valence-electron chi connectivity index (χ2n) is 4.57. The van der Waals surface area contributed by atoms with Gasteiger partial charge in [0.25, 0.3) is 0 Å². The summed E-state index contributed by atoms with van der Waals surface area (Å²) in [5, 5.41) is 2.86. The molecule has 0 saturated carbocycles. The van der Waals surface area contributed by atoms with Crippen LogP contribution in [0.4, 0.5) is 0 Å². The summed E-state index contributed by atoms with van der Waals surface area (Å²) in [4.78, 5) is 11.7. The lowest BCUT2D eigenvalue weighted by Gasteiger charge is -2.14. The number of carbonyl (C=O) groups excluding carboxylic acids is 1. The summed E-state index contributed by atoms with van der Waals surface area (Å²) in [6, 6.07) is 9.85. The molecule has 0 aliphatic heterocycles. The van der Waals surface area contributed by atoms with Crippen LogP contribution in [0, 0.1) is 5.92 Å². The fourth-order valence-corrected chi connectivity index (χ4v) is 1.34. The zero-order valence-corrected chi connectivity index (χ0v) is 10.8. The molecule has 1 amide bonds. The van der Waals surface area contributed by atoms with E-state index >= 15 is 0 Å². The summed E-state index contributed by atoms with van der Waals surface area (Å²) < 4.78 is 5.44. The summed E-state index contributed by atoms with van der Waals surface area (Å²) >= 11 is 0. The Morgan fingerprint density at radius 2 is 1.88 bits per heavy atom. The Bertz CT molecular complexity index is 335. The van der Waals surface area contributed by atoms with Crippen LogP contribution in [0.1, 0.15) is 26.3 Å². The van der Waals surface area contributed by atoms with Gasteiger partial charge in [0.1, 0.15) is 6.10 Å². The minimum absolute atomic E-state index is 0.0606. The van der Waals surface area contributed by atoms with Crippen molar-refractivity contribution in [2.24, 2.45) is 5.92 Å². The maximum absolute atomic E-state index is 11.7. The Morgan fingerprint density at radius 3 is 2.47 bits per heavy atom. The van der Waals surface area contributed by atoms with Gasteiger partial charge in [-0.25, -0.2) is 0 Å². The largest absolute Gasteiger partial charge is 0.368 e. The molecule has 3 nitrogen and oxygen atoms in total. The molecule has 0 aromatic heterocycles. The highest BCUT2D eigenvalue weighted by atomic mass is 16.5. The highest BCUT2D eigenvalue weighted by Gasteiger charge is 2.13. The molecule has 0 spiro atoms. The molecule has 1 atom stereocenters. The third kappa shape index (κ3) is 5.50. The van der Waals surface area contributed by atoms with Crippen molar-refractivity contribution in [1.82, 2.24) is 5.32 Å². The average molecular weight is 235 g/mol. The fraction of sp³-hybridized carbons (Fsp3) is 0.500. The minimum atomic E-state index is -0.388. The predicted octanol–water partition coefficient (Wildman–Crippen LogP) is 2.36. The number of amides is 1. The molecule has 1 aromatic carbocycles. The molecule has 1 rings (SSSR count). The number of carbonyl (C=O) groups is 1. The summed E-state index contributed by atoms with van der Waals surface area (Å²) in [6.07, 6.45) is -0.388. The van der Waals surface area contributed by atoms with Crippen LogP contribution >= 0.6 is 0 Å². The Balaban J connectivity index is 2.29. The third-order valence-electron chi connectivity index (χ3n) is 2.36. The third-order valence-corrected chi connectivity index (χ3v) is 2.36. The van der Waals surface area contributed by atoms with Crippen molar-refractivity contribution in [2.45, 2.75) is 33.4 Å². The van der Waals surface area contributed by atoms with Gasteiger partial charge in [-0.3, -0.25) is 4.79 Å². The highest BCUT2D eigenvalue weighted by Crippen LogP contribution is 2.00. The Kier molecular flexibility index (Phi) is 5.70. The molecule has 3 heteroatoms. The van der Waals surface area contributed by atoms with E-state index in [1.165, 1.54) is 0 Å². The van der Waals surface area contributed by atoms with Crippen molar-refractivity contribution in [3.63, 3.8) is 0 Å².